The van der Waals surface area contributed by atoms with Gasteiger partial charge in [-0.2, -0.15) is 0 Å². The molecule has 0 aliphatic rings. The summed E-state index contributed by atoms with van der Waals surface area (Å²) in [5, 5.41) is 3.40. The molecule has 0 saturated carbocycles. The SMILES string of the molecule is O=S(=O)(NCCNc1ccccc1)c1cncc(Cl)c1. The Bertz CT molecular complexity index is 662. The van der Waals surface area contributed by atoms with Crippen LogP contribution in [-0.2, 0) is 10.0 Å². The fourth-order valence-electron chi connectivity index (χ4n) is 1.57. The number of hydrogen-bond acceptors (Lipinski definition) is 4. The highest BCUT2D eigenvalue weighted by atomic mass is 35.5. The van der Waals surface area contributed by atoms with Crippen molar-refractivity contribution in [3.05, 3.63) is 53.8 Å². The largest absolute Gasteiger partial charge is 0.384 e. The van der Waals surface area contributed by atoms with Crippen LogP contribution in [0.15, 0.2) is 53.7 Å². The van der Waals surface area contributed by atoms with Gasteiger partial charge in [0.15, 0.2) is 0 Å². The first-order chi connectivity index (χ1) is 9.58. The number of halogens is 1. The van der Waals surface area contributed by atoms with Gasteiger partial charge in [-0.25, -0.2) is 13.1 Å². The average molecular weight is 312 g/mol. The highest BCUT2D eigenvalue weighted by Crippen LogP contribution is 2.13. The summed E-state index contributed by atoms with van der Waals surface area (Å²) < 4.78 is 26.4. The molecule has 0 aliphatic heterocycles. The van der Waals surface area contributed by atoms with E-state index < -0.39 is 10.0 Å². The summed E-state index contributed by atoms with van der Waals surface area (Å²) in [7, 11) is -3.57. The maximum absolute atomic E-state index is 12.0. The number of nitrogens with zero attached hydrogens (tertiary/aromatic N) is 1. The van der Waals surface area contributed by atoms with Gasteiger partial charge in [0, 0.05) is 31.2 Å². The summed E-state index contributed by atoms with van der Waals surface area (Å²) in [6, 6.07) is 10.9. The molecular formula is C13H14ClN3O2S. The third-order valence-corrected chi connectivity index (χ3v) is 4.14. The molecule has 20 heavy (non-hydrogen) atoms. The summed E-state index contributed by atoms with van der Waals surface area (Å²) in [6.45, 7) is 0.751. The maximum Gasteiger partial charge on any atom is 0.242 e. The third kappa shape index (κ3) is 4.19. The normalized spacial score (nSPS) is 11.2. The van der Waals surface area contributed by atoms with Gasteiger partial charge in [-0.1, -0.05) is 29.8 Å². The monoisotopic (exact) mass is 311 g/mol. The van der Waals surface area contributed by atoms with Crippen molar-refractivity contribution >= 4 is 27.3 Å². The number of anilines is 1. The zero-order valence-corrected chi connectivity index (χ0v) is 12.2. The molecule has 0 bridgehead atoms. The van der Waals surface area contributed by atoms with Crippen molar-refractivity contribution in [1.82, 2.24) is 9.71 Å². The lowest BCUT2D eigenvalue weighted by Gasteiger charge is -2.08. The second kappa shape index (κ2) is 6.69. The van der Waals surface area contributed by atoms with E-state index in [2.05, 4.69) is 15.0 Å². The Morgan fingerprint density at radius 1 is 1.10 bits per heavy atom. The summed E-state index contributed by atoms with van der Waals surface area (Å²) in [5.74, 6) is 0. The number of sulfonamides is 1. The van der Waals surface area contributed by atoms with Gasteiger partial charge in [-0.15, -0.1) is 0 Å². The summed E-state index contributed by atoms with van der Waals surface area (Å²) in [5.41, 5.74) is 0.941. The van der Waals surface area contributed by atoms with E-state index in [9.17, 15) is 8.42 Å². The van der Waals surface area contributed by atoms with E-state index in [4.69, 9.17) is 11.6 Å². The predicted molar refractivity (Wildman–Crippen MR) is 79.4 cm³/mol. The van der Waals surface area contributed by atoms with E-state index in [0.29, 0.717) is 6.54 Å². The maximum atomic E-state index is 12.0. The number of aromatic nitrogens is 1. The van der Waals surface area contributed by atoms with Crippen LogP contribution < -0.4 is 10.0 Å². The second-order valence-electron chi connectivity index (χ2n) is 4.03. The Hall–Kier alpha value is -1.63. The van der Waals surface area contributed by atoms with Gasteiger partial charge in [-0.3, -0.25) is 4.98 Å². The molecule has 1 heterocycles. The number of nitrogens with one attached hydrogen (secondary N) is 2. The lowest BCUT2D eigenvalue weighted by Crippen LogP contribution is -2.29. The Labute approximate surface area is 123 Å². The average Bonchev–Trinajstić information content (AvgIpc) is 2.45. The fraction of sp³-hybridized carbons (Fsp3) is 0.154. The summed E-state index contributed by atoms with van der Waals surface area (Å²) >= 11 is 5.73. The molecule has 1 aromatic heterocycles. The first kappa shape index (κ1) is 14.8. The minimum atomic E-state index is -3.57. The molecule has 0 radical (unpaired) electrons. The Morgan fingerprint density at radius 2 is 1.85 bits per heavy atom. The van der Waals surface area contributed by atoms with Crippen LogP contribution in [0.5, 0.6) is 0 Å². The number of rotatable bonds is 6. The van der Waals surface area contributed by atoms with E-state index in [-0.39, 0.29) is 16.5 Å². The van der Waals surface area contributed by atoms with E-state index >= 15 is 0 Å². The number of benzene rings is 1. The van der Waals surface area contributed by atoms with Crippen molar-refractivity contribution in [3.63, 3.8) is 0 Å². The van der Waals surface area contributed by atoms with Crippen LogP contribution in [0.2, 0.25) is 5.02 Å². The van der Waals surface area contributed by atoms with Crippen molar-refractivity contribution in [3.8, 4) is 0 Å². The minimum Gasteiger partial charge on any atom is -0.384 e. The first-order valence-corrected chi connectivity index (χ1v) is 7.83. The van der Waals surface area contributed by atoms with Gasteiger partial charge in [-0.05, 0) is 18.2 Å². The molecule has 0 unspecified atom stereocenters. The number of hydrogen-bond donors (Lipinski definition) is 2. The van der Waals surface area contributed by atoms with Crippen molar-refractivity contribution < 1.29 is 8.42 Å². The van der Waals surface area contributed by atoms with E-state index in [1.807, 2.05) is 30.3 Å². The number of para-hydroxylation sites is 1. The molecular weight excluding hydrogens is 298 g/mol. The lowest BCUT2D eigenvalue weighted by atomic mass is 10.3. The fourth-order valence-corrected chi connectivity index (χ4v) is 2.83. The molecule has 2 N–H and O–H groups in total. The van der Waals surface area contributed by atoms with Crippen molar-refractivity contribution in [2.45, 2.75) is 4.90 Å². The van der Waals surface area contributed by atoms with Crippen LogP contribution in [0.25, 0.3) is 0 Å². The Kier molecular flexibility index (Phi) is 4.94. The van der Waals surface area contributed by atoms with E-state index in [1.54, 1.807) is 0 Å². The van der Waals surface area contributed by atoms with Gasteiger partial charge in [0.05, 0.1) is 5.02 Å². The first-order valence-electron chi connectivity index (χ1n) is 5.97. The van der Waals surface area contributed by atoms with Gasteiger partial charge in [0.1, 0.15) is 4.90 Å². The summed E-state index contributed by atoms with van der Waals surface area (Å²) in [6.07, 6.45) is 2.65. The molecule has 5 nitrogen and oxygen atoms in total. The van der Waals surface area contributed by atoms with Gasteiger partial charge < -0.3 is 5.32 Å². The molecule has 0 atom stereocenters. The van der Waals surface area contributed by atoms with Crippen molar-refractivity contribution in [2.24, 2.45) is 0 Å². The zero-order chi connectivity index (χ0) is 14.4. The lowest BCUT2D eigenvalue weighted by molar-refractivity contribution is 0.582. The molecule has 0 fully saturated rings. The van der Waals surface area contributed by atoms with Crippen LogP contribution in [0, 0.1) is 0 Å². The molecule has 0 spiro atoms. The quantitative estimate of drug-likeness (QED) is 0.802. The third-order valence-electron chi connectivity index (χ3n) is 2.51. The molecule has 106 valence electrons. The standard InChI is InChI=1S/C13H14ClN3O2S/c14-11-8-13(10-15-9-11)20(18,19)17-7-6-16-12-4-2-1-3-5-12/h1-5,8-10,16-17H,6-7H2. The van der Waals surface area contributed by atoms with Crippen molar-refractivity contribution in [1.29, 1.82) is 0 Å². The molecule has 2 rings (SSSR count). The molecule has 0 amide bonds. The van der Waals surface area contributed by atoms with Gasteiger partial charge >= 0.3 is 0 Å². The Balaban J connectivity index is 1.87. The van der Waals surface area contributed by atoms with Crippen LogP contribution >= 0.6 is 11.6 Å². The van der Waals surface area contributed by atoms with Crippen LogP contribution in [0.4, 0.5) is 5.69 Å². The number of pyridine rings is 1. The smallest absolute Gasteiger partial charge is 0.242 e. The van der Waals surface area contributed by atoms with Gasteiger partial charge in [0.25, 0.3) is 0 Å². The van der Waals surface area contributed by atoms with Crippen molar-refractivity contribution in [2.75, 3.05) is 18.4 Å². The van der Waals surface area contributed by atoms with Crippen LogP contribution in [0.3, 0.4) is 0 Å². The highest BCUT2D eigenvalue weighted by molar-refractivity contribution is 7.89. The van der Waals surface area contributed by atoms with Crippen LogP contribution in [0.1, 0.15) is 0 Å². The molecule has 0 saturated heterocycles. The Morgan fingerprint density at radius 3 is 2.55 bits per heavy atom. The van der Waals surface area contributed by atoms with Crippen LogP contribution in [-0.4, -0.2) is 26.5 Å². The molecule has 2 aromatic rings. The van der Waals surface area contributed by atoms with E-state index in [1.165, 1.54) is 18.5 Å². The predicted octanol–water partition coefficient (Wildman–Crippen LogP) is 2.13. The summed E-state index contributed by atoms with van der Waals surface area (Å²) in [4.78, 5) is 3.82. The highest BCUT2D eigenvalue weighted by Gasteiger charge is 2.13. The molecule has 7 heteroatoms. The van der Waals surface area contributed by atoms with Gasteiger partial charge in [0.2, 0.25) is 10.0 Å². The molecule has 1 aromatic carbocycles. The minimum absolute atomic E-state index is 0.0599. The van der Waals surface area contributed by atoms with E-state index in [0.717, 1.165) is 5.69 Å². The topological polar surface area (TPSA) is 71.1 Å². The molecule has 0 aliphatic carbocycles. The zero-order valence-electron chi connectivity index (χ0n) is 10.6. The second-order valence-corrected chi connectivity index (χ2v) is 6.23.